The van der Waals surface area contributed by atoms with E-state index >= 15 is 0 Å². The second kappa shape index (κ2) is 5.67. The molecule has 1 heterocycles. The van der Waals surface area contributed by atoms with Crippen molar-refractivity contribution in [2.45, 2.75) is 10.9 Å². The van der Waals surface area contributed by atoms with Gasteiger partial charge in [-0.2, -0.15) is 0 Å². The Bertz CT molecular complexity index is 499. The second-order valence-corrected chi connectivity index (χ2v) is 4.93. The molecule has 0 N–H and O–H groups in total. The van der Waals surface area contributed by atoms with Crippen molar-refractivity contribution in [3.63, 3.8) is 0 Å². The van der Waals surface area contributed by atoms with Crippen molar-refractivity contribution in [2.75, 3.05) is 0 Å². The van der Waals surface area contributed by atoms with E-state index in [1.807, 2.05) is 0 Å². The molecule has 0 saturated heterocycles. The fraction of sp³-hybridized carbons (Fsp3) is 0.0909. The normalized spacial score (nSPS) is 10.5. The van der Waals surface area contributed by atoms with E-state index in [9.17, 15) is 4.39 Å². The molecule has 0 aliphatic heterocycles. The van der Waals surface area contributed by atoms with Crippen LogP contribution in [0.25, 0.3) is 0 Å². The van der Waals surface area contributed by atoms with Crippen LogP contribution in [0.3, 0.4) is 0 Å². The van der Waals surface area contributed by atoms with Crippen molar-refractivity contribution >= 4 is 35.0 Å². The van der Waals surface area contributed by atoms with Gasteiger partial charge in [0.2, 0.25) is 0 Å². The summed E-state index contributed by atoms with van der Waals surface area (Å²) in [5.41, 5.74) is 0.982. The summed E-state index contributed by atoms with van der Waals surface area (Å²) in [6.07, 6.45) is 0. The molecule has 0 saturated carbocycles. The van der Waals surface area contributed by atoms with Crippen LogP contribution in [0.1, 0.15) is 5.56 Å². The van der Waals surface area contributed by atoms with Gasteiger partial charge in [0.15, 0.2) is 5.16 Å². The Balaban J connectivity index is 2.04. The summed E-state index contributed by atoms with van der Waals surface area (Å²) in [5, 5.41) is 1.13. The Morgan fingerprint density at radius 3 is 2.24 bits per heavy atom. The molecule has 2 nitrogen and oxygen atoms in total. The van der Waals surface area contributed by atoms with Crippen molar-refractivity contribution in [1.82, 2.24) is 9.97 Å². The zero-order valence-corrected chi connectivity index (χ0v) is 10.9. The van der Waals surface area contributed by atoms with Crippen LogP contribution in [0, 0.1) is 5.82 Å². The van der Waals surface area contributed by atoms with Gasteiger partial charge in [-0.15, -0.1) is 0 Å². The maximum atomic E-state index is 12.7. The zero-order valence-electron chi connectivity index (χ0n) is 8.53. The van der Waals surface area contributed by atoms with Gasteiger partial charge in [0, 0.05) is 11.8 Å². The Labute approximate surface area is 112 Å². The zero-order chi connectivity index (χ0) is 12.3. The molecule has 0 spiro atoms. The minimum Gasteiger partial charge on any atom is -0.211 e. The van der Waals surface area contributed by atoms with Crippen molar-refractivity contribution in [2.24, 2.45) is 0 Å². The van der Waals surface area contributed by atoms with Gasteiger partial charge >= 0.3 is 0 Å². The molecule has 17 heavy (non-hydrogen) atoms. The van der Waals surface area contributed by atoms with Crippen LogP contribution in [0.4, 0.5) is 4.39 Å². The van der Waals surface area contributed by atoms with Crippen LogP contribution < -0.4 is 0 Å². The highest BCUT2D eigenvalue weighted by Gasteiger charge is 2.03. The van der Waals surface area contributed by atoms with E-state index in [4.69, 9.17) is 23.2 Å². The van der Waals surface area contributed by atoms with Crippen LogP contribution in [0.2, 0.25) is 10.3 Å². The monoisotopic (exact) mass is 288 g/mol. The van der Waals surface area contributed by atoms with E-state index in [0.717, 1.165) is 5.56 Å². The molecular weight excluding hydrogens is 282 g/mol. The minimum atomic E-state index is -0.249. The third-order valence-corrected chi connectivity index (χ3v) is 3.23. The molecule has 0 aliphatic carbocycles. The Kier molecular flexibility index (Phi) is 4.20. The number of hydrogen-bond acceptors (Lipinski definition) is 3. The number of hydrogen-bond donors (Lipinski definition) is 0. The number of halogens is 3. The molecule has 0 bridgehead atoms. The number of thioether (sulfide) groups is 1. The molecule has 0 amide bonds. The van der Waals surface area contributed by atoms with Gasteiger partial charge in [-0.1, -0.05) is 47.1 Å². The lowest BCUT2D eigenvalue weighted by molar-refractivity contribution is 0.627. The average molecular weight is 289 g/mol. The lowest BCUT2D eigenvalue weighted by atomic mass is 10.2. The molecule has 0 aliphatic rings. The maximum Gasteiger partial charge on any atom is 0.190 e. The largest absolute Gasteiger partial charge is 0.211 e. The van der Waals surface area contributed by atoms with E-state index < -0.39 is 0 Å². The number of nitrogens with zero attached hydrogens (tertiary/aromatic N) is 2. The standard InChI is InChI=1S/C11H7Cl2FN2S/c12-9-5-10(13)16-11(15-9)17-6-7-1-3-8(14)4-2-7/h1-5H,6H2. The molecule has 6 heteroatoms. The molecule has 0 fully saturated rings. The molecule has 88 valence electrons. The third-order valence-electron chi connectivity index (χ3n) is 1.92. The number of rotatable bonds is 3. The number of benzene rings is 1. The van der Waals surface area contributed by atoms with Crippen LogP contribution >= 0.6 is 35.0 Å². The summed E-state index contributed by atoms with van der Waals surface area (Å²) in [5.74, 6) is 0.387. The summed E-state index contributed by atoms with van der Waals surface area (Å²) in [4.78, 5) is 8.05. The molecule has 0 atom stereocenters. The van der Waals surface area contributed by atoms with E-state index in [2.05, 4.69) is 9.97 Å². The molecule has 2 aromatic rings. The lowest BCUT2D eigenvalue weighted by Gasteiger charge is -2.01. The first kappa shape index (κ1) is 12.6. The molecule has 0 radical (unpaired) electrons. The second-order valence-electron chi connectivity index (χ2n) is 3.21. The third kappa shape index (κ3) is 3.84. The average Bonchev–Trinajstić information content (AvgIpc) is 2.27. The Hall–Kier alpha value is -0.840. The van der Waals surface area contributed by atoms with Crippen LogP contribution in [0.15, 0.2) is 35.5 Å². The van der Waals surface area contributed by atoms with Gasteiger partial charge in [-0.25, -0.2) is 14.4 Å². The van der Waals surface area contributed by atoms with Gasteiger partial charge < -0.3 is 0 Å². The maximum absolute atomic E-state index is 12.7. The van der Waals surface area contributed by atoms with Crippen LogP contribution in [0.5, 0.6) is 0 Å². The molecule has 1 aromatic heterocycles. The van der Waals surface area contributed by atoms with Gasteiger partial charge in [-0.05, 0) is 17.7 Å². The highest BCUT2D eigenvalue weighted by Crippen LogP contribution is 2.22. The number of aromatic nitrogens is 2. The van der Waals surface area contributed by atoms with E-state index in [1.54, 1.807) is 12.1 Å². The summed E-state index contributed by atoms with van der Waals surface area (Å²) in [6.45, 7) is 0. The fourth-order valence-electron chi connectivity index (χ4n) is 1.16. The molecule has 1 aromatic carbocycles. The van der Waals surface area contributed by atoms with Crippen molar-refractivity contribution in [3.8, 4) is 0 Å². The Morgan fingerprint density at radius 1 is 1.06 bits per heavy atom. The van der Waals surface area contributed by atoms with Gasteiger partial charge in [-0.3, -0.25) is 0 Å². The molecule has 0 unspecified atom stereocenters. The van der Waals surface area contributed by atoms with Gasteiger partial charge in [0.1, 0.15) is 16.1 Å². The van der Waals surface area contributed by atoms with Crippen molar-refractivity contribution in [3.05, 3.63) is 52.0 Å². The quantitative estimate of drug-likeness (QED) is 0.481. The van der Waals surface area contributed by atoms with Crippen molar-refractivity contribution in [1.29, 1.82) is 0 Å². The summed E-state index contributed by atoms with van der Waals surface area (Å²) in [7, 11) is 0. The predicted octanol–water partition coefficient (Wildman–Crippen LogP) is 4.21. The lowest BCUT2D eigenvalue weighted by Crippen LogP contribution is -1.89. The van der Waals surface area contributed by atoms with Crippen LogP contribution in [-0.2, 0) is 5.75 Å². The molecule has 2 rings (SSSR count). The summed E-state index contributed by atoms with van der Waals surface area (Å²) in [6, 6.07) is 7.75. The topological polar surface area (TPSA) is 25.8 Å². The highest BCUT2D eigenvalue weighted by atomic mass is 35.5. The summed E-state index contributed by atoms with van der Waals surface area (Å²) < 4.78 is 12.7. The fourth-order valence-corrected chi connectivity index (χ4v) is 2.50. The van der Waals surface area contributed by atoms with E-state index in [-0.39, 0.29) is 5.82 Å². The van der Waals surface area contributed by atoms with Crippen LogP contribution in [-0.4, -0.2) is 9.97 Å². The smallest absolute Gasteiger partial charge is 0.190 e. The van der Waals surface area contributed by atoms with Gasteiger partial charge in [0.05, 0.1) is 0 Å². The van der Waals surface area contributed by atoms with Crippen molar-refractivity contribution < 1.29 is 4.39 Å². The minimum absolute atomic E-state index is 0.249. The first-order valence-corrected chi connectivity index (χ1v) is 6.45. The van der Waals surface area contributed by atoms with Gasteiger partial charge in [0.25, 0.3) is 0 Å². The van der Waals surface area contributed by atoms with E-state index in [0.29, 0.717) is 21.2 Å². The molecular formula is C11H7Cl2FN2S. The van der Waals surface area contributed by atoms with E-state index in [1.165, 1.54) is 30.0 Å². The first-order chi connectivity index (χ1) is 8.13. The highest BCUT2D eigenvalue weighted by molar-refractivity contribution is 7.98. The summed E-state index contributed by atoms with van der Waals surface area (Å²) >= 11 is 12.9. The SMILES string of the molecule is Fc1ccc(CSc2nc(Cl)cc(Cl)n2)cc1. The first-order valence-electron chi connectivity index (χ1n) is 4.71. The Morgan fingerprint density at radius 2 is 1.65 bits per heavy atom. The predicted molar refractivity (Wildman–Crippen MR) is 68.0 cm³/mol.